The average molecular weight is 294 g/mol. The van der Waals surface area contributed by atoms with Gasteiger partial charge in [-0.05, 0) is 45.1 Å². The molecule has 0 aliphatic carbocycles. The van der Waals surface area contributed by atoms with E-state index in [0.717, 1.165) is 25.9 Å². The van der Waals surface area contributed by atoms with E-state index in [2.05, 4.69) is 22.6 Å². The van der Waals surface area contributed by atoms with E-state index in [0.29, 0.717) is 24.7 Å². The maximum Gasteiger partial charge on any atom is 0.315 e. The predicted molar refractivity (Wildman–Crippen MR) is 82.1 cm³/mol. The fourth-order valence-electron chi connectivity index (χ4n) is 2.27. The second-order valence-corrected chi connectivity index (χ2v) is 5.35. The Balaban J connectivity index is 1.58. The summed E-state index contributed by atoms with van der Waals surface area (Å²) in [4.78, 5) is 14.0. The largest absolute Gasteiger partial charge is 0.593 e. The number of hydrogen-bond donors (Lipinski definition) is 2. The third-order valence-corrected chi connectivity index (χ3v) is 3.56. The van der Waals surface area contributed by atoms with E-state index < -0.39 is 0 Å². The van der Waals surface area contributed by atoms with Gasteiger partial charge in [-0.2, -0.15) is 0 Å². The summed E-state index contributed by atoms with van der Waals surface area (Å²) in [5.74, 6) is 1.17. The van der Waals surface area contributed by atoms with Crippen LogP contribution in [0.5, 0.6) is 11.5 Å². The number of urea groups is 1. The van der Waals surface area contributed by atoms with Gasteiger partial charge < -0.3 is 25.4 Å². The van der Waals surface area contributed by atoms with Crippen LogP contribution in [-0.4, -0.2) is 55.4 Å². The lowest BCUT2D eigenvalue weighted by Gasteiger charge is -2.29. The lowest BCUT2D eigenvalue weighted by molar-refractivity contribution is 0.211. The second kappa shape index (κ2) is 7.73. The number of piperidine rings is 1. The van der Waals surface area contributed by atoms with Crippen LogP contribution in [0, 0.1) is 0 Å². The summed E-state index contributed by atoms with van der Waals surface area (Å²) in [6.07, 6.45) is 2.00. The average Bonchev–Trinajstić information content (AvgIpc) is 2.48. The van der Waals surface area contributed by atoms with Crippen molar-refractivity contribution in [2.75, 3.05) is 33.3 Å². The molecule has 1 saturated heterocycles. The van der Waals surface area contributed by atoms with E-state index in [-0.39, 0.29) is 12.1 Å². The van der Waals surface area contributed by atoms with Gasteiger partial charge in [-0.3, -0.25) is 0 Å². The van der Waals surface area contributed by atoms with Crippen LogP contribution in [0.4, 0.5) is 4.79 Å². The van der Waals surface area contributed by atoms with Crippen molar-refractivity contribution in [1.29, 1.82) is 0 Å². The summed E-state index contributed by atoms with van der Waals surface area (Å²) < 4.78 is 5.48. The van der Waals surface area contributed by atoms with Crippen molar-refractivity contribution in [3.63, 3.8) is 0 Å². The number of hydrogen-bond acceptors (Lipinski definition) is 3. The van der Waals surface area contributed by atoms with Crippen molar-refractivity contribution in [1.82, 2.24) is 15.5 Å². The number of likely N-dealkylation sites (tertiary alicyclic amines) is 1. The first-order valence-electron chi connectivity index (χ1n) is 7.31. The molecular formula is C15H24N3O3+. The lowest BCUT2D eigenvalue weighted by atomic mass is 10.1. The van der Waals surface area contributed by atoms with Crippen LogP contribution in [-0.2, 0) is 0 Å². The maximum absolute atomic E-state index is 11.7. The first-order chi connectivity index (χ1) is 10.1. The van der Waals surface area contributed by atoms with Crippen molar-refractivity contribution >= 4 is 6.03 Å². The van der Waals surface area contributed by atoms with Gasteiger partial charge in [0.1, 0.15) is 12.4 Å². The molecule has 0 aromatic heterocycles. The second-order valence-electron chi connectivity index (χ2n) is 5.35. The summed E-state index contributed by atoms with van der Waals surface area (Å²) in [5, 5.41) is 13.2. The molecule has 6 heteroatoms. The van der Waals surface area contributed by atoms with Crippen LogP contribution in [0.2, 0.25) is 0 Å². The Kier molecular flexibility index (Phi) is 5.68. The van der Waals surface area contributed by atoms with E-state index in [9.17, 15) is 4.79 Å². The Labute approximate surface area is 125 Å². The Morgan fingerprint density at radius 2 is 2.00 bits per heavy atom. The maximum atomic E-state index is 11.7. The molecule has 116 valence electrons. The third-order valence-electron chi connectivity index (χ3n) is 3.56. The van der Waals surface area contributed by atoms with Gasteiger partial charge in [-0.1, -0.05) is 0 Å². The molecule has 6 nitrogen and oxygen atoms in total. The summed E-state index contributed by atoms with van der Waals surface area (Å²) in [7, 11) is 2.10. The number of nitrogens with one attached hydrogen (secondary N) is 2. The van der Waals surface area contributed by atoms with Gasteiger partial charge >= 0.3 is 6.03 Å². The fourth-order valence-corrected chi connectivity index (χ4v) is 2.27. The number of nitrogens with zero attached hydrogens (tertiary/aromatic N) is 1. The Bertz CT molecular complexity index is 442. The van der Waals surface area contributed by atoms with Crippen molar-refractivity contribution < 1.29 is 14.6 Å². The standard InChI is InChI=1S/C15H23N3O3/c1-18-9-6-12(7-10-18)17-15(20)16-8-11-21-14-4-2-13(19)3-5-14/h2-5,12,19H,6-11H2,1H3,(H2,16,17,20)/p+1. The zero-order chi connectivity index (χ0) is 15.1. The van der Waals surface area contributed by atoms with E-state index >= 15 is 0 Å². The van der Waals surface area contributed by atoms with Gasteiger partial charge in [0.25, 0.3) is 5.75 Å². The summed E-state index contributed by atoms with van der Waals surface area (Å²) in [6, 6.07) is 6.99. The highest BCUT2D eigenvalue weighted by atomic mass is 16.5. The molecule has 1 aromatic carbocycles. The Morgan fingerprint density at radius 3 is 2.67 bits per heavy atom. The minimum Gasteiger partial charge on any atom is -0.593 e. The number of ether oxygens (including phenoxy) is 1. The molecular weight excluding hydrogens is 270 g/mol. The number of amides is 2. The van der Waals surface area contributed by atoms with E-state index in [4.69, 9.17) is 9.84 Å². The summed E-state index contributed by atoms with van der Waals surface area (Å²) >= 11 is 0. The van der Waals surface area contributed by atoms with Crippen molar-refractivity contribution in [3.05, 3.63) is 24.3 Å². The summed E-state index contributed by atoms with van der Waals surface area (Å²) in [5.41, 5.74) is 0. The Hall–Kier alpha value is -1.95. The highest BCUT2D eigenvalue weighted by Gasteiger charge is 2.17. The highest BCUT2D eigenvalue weighted by Crippen LogP contribution is 2.15. The Morgan fingerprint density at radius 1 is 1.33 bits per heavy atom. The number of benzene rings is 1. The molecule has 0 unspecified atom stereocenters. The topological polar surface area (TPSA) is 76.5 Å². The van der Waals surface area contributed by atoms with Crippen LogP contribution < -0.4 is 15.4 Å². The molecule has 21 heavy (non-hydrogen) atoms. The molecule has 1 aromatic rings. The van der Waals surface area contributed by atoms with Gasteiger partial charge in [0, 0.05) is 18.2 Å². The molecule has 0 atom stereocenters. The molecule has 1 fully saturated rings. The van der Waals surface area contributed by atoms with Gasteiger partial charge in [0.15, 0.2) is 0 Å². The van der Waals surface area contributed by atoms with E-state index in [1.165, 1.54) is 0 Å². The van der Waals surface area contributed by atoms with Gasteiger partial charge in [-0.25, -0.2) is 4.79 Å². The third kappa shape index (κ3) is 5.51. The molecule has 0 bridgehead atoms. The van der Waals surface area contributed by atoms with Crippen molar-refractivity contribution in [2.45, 2.75) is 18.9 Å². The normalized spacial score (nSPS) is 16.4. The highest BCUT2D eigenvalue weighted by molar-refractivity contribution is 5.74. The quantitative estimate of drug-likeness (QED) is 0.625. The number of carbonyl (C=O) groups excluding carboxylic acids is 1. The van der Waals surface area contributed by atoms with Crippen molar-refractivity contribution in [3.8, 4) is 11.5 Å². The molecule has 1 aliphatic heterocycles. The molecule has 0 saturated carbocycles. The molecule has 4 N–H and O–H groups in total. The zero-order valence-corrected chi connectivity index (χ0v) is 12.4. The zero-order valence-electron chi connectivity index (χ0n) is 12.4. The monoisotopic (exact) mass is 294 g/mol. The summed E-state index contributed by atoms with van der Waals surface area (Å²) in [6.45, 7) is 2.93. The van der Waals surface area contributed by atoms with Gasteiger partial charge in [0.2, 0.25) is 0 Å². The van der Waals surface area contributed by atoms with Gasteiger partial charge in [-0.15, -0.1) is 0 Å². The molecule has 0 spiro atoms. The van der Waals surface area contributed by atoms with E-state index in [1.807, 2.05) is 0 Å². The van der Waals surface area contributed by atoms with Crippen LogP contribution in [0.3, 0.4) is 0 Å². The number of carbonyl (C=O) groups is 1. The SMILES string of the molecule is CN1CCC(NC(=O)NCCOc2ccc([OH2+])cc2)CC1. The first-order valence-corrected chi connectivity index (χ1v) is 7.31. The van der Waals surface area contributed by atoms with Crippen molar-refractivity contribution in [2.24, 2.45) is 0 Å². The van der Waals surface area contributed by atoms with Crippen LogP contribution >= 0.6 is 0 Å². The molecule has 0 radical (unpaired) electrons. The van der Waals surface area contributed by atoms with Gasteiger partial charge in [0.05, 0.1) is 6.54 Å². The molecule has 2 rings (SSSR count). The molecule has 2 amide bonds. The lowest BCUT2D eigenvalue weighted by Crippen LogP contribution is -2.47. The molecule has 1 aliphatic rings. The van der Waals surface area contributed by atoms with Crippen LogP contribution in [0.25, 0.3) is 0 Å². The minimum absolute atomic E-state index is 0.130. The first kappa shape index (κ1) is 15.4. The fraction of sp³-hybridized carbons (Fsp3) is 0.533. The molecule has 1 heterocycles. The van der Waals surface area contributed by atoms with Crippen LogP contribution in [0.1, 0.15) is 12.8 Å². The van der Waals surface area contributed by atoms with Crippen LogP contribution in [0.15, 0.2) is 24.3 Å². The smallest absolute Gasteiger partial charge is 0.315 e. The minimum atomic E-state index is -0.130. The number of rotatable bonds is 5. The predicted octanol–water partition coefficient (Wildman–Crippen LogP) is 0.897. The van der Waals surface area contributed by atoms with E-state index in [1.54, 1.807) is 24.3 Å².